The molecule has 1 fully saturated rings. The van der Waals surface area contributed by atoms with Gasteiger partial charge in [-0.1, -0.05) is 11.3 Å². The van der Waals surface area contributed by atoms with E-state index in [0.29, 0.717) is 49.8 Å². The van der Waals surface area contributed by atoms with Crippen LogP contribution in [0.4, 0.5) is 4.39 Å². The highest BCUT2D eigenvalue weighted by Crippen LogP contribution is 2.19. The van der Waals surface area contributed by atoms with E-state index in [2.05, 4.69) is 15.0 Å². The molecule has 0 aliphatic carbocycles. The predicted molar refractivity (Wildman–Crippen MR) is 107 cm³/mol. The molecular weight excluding hydrogens is 417 g/mol. The van der Waals surface area contributed by atoms with Crippen LogP contribution in [-0.2, 0) is 16.6 Å². The number of nitrogens with zero attached hydrogens (tertiary/aromatic N) is 5. The third kappa shape index (κ3) is 4.22. The topological polar surface area (TPSA) is 87.9 Å². The fourth-order valence-corrected chi connectivity index (χ4v) is 5.60. The molecule has 0 N–H and O–H groups in total. The highest BCUT2D eigenvalue weighted by atomic mass is 32.2. The van der Waals surface area contributed by atoms with Gasteiger partial charge in [0.15, 0.2) is 0 Å². The molecule has 1 saturated heterocycles. The lowest BCUT2D eigenvalue weighted by Crippen LogP contribution is -2.35. The number of aromatic nitrogens is 3. The van der Waals surface area contributed by atoms with Crippen LogP contribution >= 0.6 is 11.3 Å². The Labute approximate surface area is 171 Å². The summed E-state index contributed by atoms with van der Waals surface area (Å²) in [7, 11) is -3.67. The molecule has 0 amide bonds. The molecule has 8 nitrogen and oxygen atoms in total. The van der Waals surface area contributed by atoms with Gasteiger partial charge in [-0.3, -0.25) is 9.69 Å². The number of hydrogen-bond acceptors (Lipinski definition) is 7. The number of fused-ring (bicyclic) bond motifs is 1. The summed E-state index contributed by atoms with van der Waals surface area (Å²) >= 11 is 1.36. The third-order valence-corrected chi connectivity index (χ3v) is 7.52. The second-order valence-corrected chi connectivity index (χ2v) is 9.99. The number of hydrogen-bond donors (Lipinski definition) is 0. The zero-order chi connectivity index (χ0) is 20.6. The van der Waals surface area contributed by atoms with Crippen molar-refractivity contribution in [3.63, 3.8) is 0 Å². The Morgan fingerprint density at radius 1 is 1.14 bits per heavy atom. The van der Waals surface area contributed by atoms with Crippen LogP contribution in [0, 0.1) is 12.7 Å². The summed E-state index contributed by atoms with van der Waals surface area (Å²) in [6.45, 7) is 4.21. The van der Waals surface area contributed by atoms with Crippen molar-refractivity contribution in [2.75, 3.05) is 26.2 Å². The molecule has 2 aromatic heterocycles. The van der Waals surface area contributed by atoms with E-state index in [0.717, 1.165) is 17.1 Å². The Bertz CT molecular complexity index is 1190. The van der Waals surface area contributed by atoms with E-state index < -0.39 is 15.8 Å². The molecule has 0 saturated carbocycles. The van der Waals surface area contributed by atoms with Crippen LogP contribution in [0.5, 0.6) is 0 Å². The van der Waals surface area contributed by atoms with Gasteiger partial charge in [0.25, 0.3) is 5.56 Å². The van der Waals surface area contributed by atoms with Crippen LogP contribution < -0.4 is 5.56 Å². The zero-order valence-electron chi connectivity index (χ0n) is 15.8. The maximum Gasteiger partial charge on any atom is 0.275 e. The van der Waals surface area contributed by atoms with Crippen molar-refractivity contribution >= 4 is 26.3 Å². The van der Waals surface area contributed by atoms with Crippen LogP contribution in [0.3, 0.4) is 0 Å². The van der Waals surface area contributed by atoms with Crippen molar-refractivity contribution in [2.24, 2.45) is 0 Å². The van der Waals surface area contributed by atoms with Gasteiger partial charge in [-0.25, -0.2) is 17.8 Å². The van der Waals surface area contributed by atoms with Crippen LogP contribution in [0.25, 0.3) is 4.96 Å². The van der Waals surface area contributed by atoms with Crippen molar-refractivity contribution in [1.82, 2.24) is 23.8 Å². The highest BCUT2D eigenvalue weighted by molar-refractivity contribution is 7.89. The number of halogens is 1. The Morgan fingerprint density at radius 2 is 1.90 bits per heavy atom. The Hall–Kier alpha value is -2.21. The third-order valence-electron chi connectivity index (χ3n) is 4.78. The summed E-state index contributed by atoms with van der Waals surface area (Å²) in [6.07, 6.45) is 0.654. The Morgan fingerprint density at radius 3 is 2.66 bits per heavy atom. The maximum atomic E-state index is 13.1. The number of benzene rings is 1. The minimum atomic E-state index is -3.67. The monoisotopic (exact) mass is 437 g/mol. The van der Waals surface area contributed by atoms with E-state index in [1.54, 1.807) is 0 Å². The minimum Gasteiger partial charge on any atom is -0.296 e. The molecular formula is C18H20FN5O3S2. The van der Waals surface area contributed by atoms with Crippen LogP contribution in [0.1, 0.15) is 17.1 Å². The molecule has 3 aromatic rings. The molecule has 0 unspecified atom stereocenters. The zero-order valence-corrected chi connectivity index (χ0v) is 17.4. The van der Waals surface area contributed by atoms with E-state index in [1.165, 1.54) is 38.4 Å². The van der Waals surface area contributed by atoms with E-state index in [9.17, 15) is 17.6 Å². The van der Waals surface area contributed by atoms with Crippen molar-refractivity contribution < 1.29 is 12.8 Å². The highest BCUT2D eigenvalue weighted by Gasteiger charge is 2.27. The average molecular weight is 438 g/mol. The summed E-state index contributed by atoms with van der Waals surface area (Å²) in [5.41, 5.74) is 0.429. The number of sulfonamides is 1. The van der Waals surface area contributed by atoms with E-state index in [-0.39, 0.29) is 10.5 Å². The molecule has 0 bridgehead atoms. The van der Waals surface area contributed by atoms with Gasteiger partial charge in [-0.15, -0.1) is 0 Å². The van der Waals surface area contributed by atoms with Gasteiger partial charge in [-0.05, 0) is 44.2 Å². The molecule has 1 aliphatic heterocycles. The molecule has 154 valence electrons. The predicted octanol–water partition coefficient (Wildman–Crippen LogP) is 1.50. The molecule has 29 heavy (non-hydrogen) atoms. The van der Waals surface area contributed by atoms with Crippen LogP contribution in [0.2, 0.25) is 0 Å². The van der Waals surface area contributed by atoms with Gasteiger partial charge in [0, 0.05) is 32.2 Å². The standard InChI is InChI=1S/C18H20FN5O3S2/c1-13-21-24-17(25)11-15(20-18(24)28-13)12-22-7-2-8-23(10-9-22)29(26,27)16-5-3-14(19)4-6-16/h3-6,11H,2,7-10,12H2,1H3. The van der Waals surface area contributed by atoms with E-state index >= 15 is 0 Å². The second-order valence-electron chi connectivity index (χ2n) is 6.89. The maximum absolute atomic E-state index is 13.1. The SMILES string of the molecule is Cc1nn2c(=O)cc(CN3CCCN(S(=O)(=O)c4ccc(F)cc4)CC3)nc2s1. The first kappa shape index (κ1) is 20.1. The fraction of sp³-hybridized carbons (Fsp3) is 0.389. The minimum absolute atomic E-state index is 0.0908. The molecule has 0 atom stereocenters. The van der Waals surface area contributed by atoms with Gasteiger partial charge in [0.2, 0.25) is 15.0 Å². The van der Waals surface area contributed by atoms with E-state index in [4.69, 9.17) is 0 Å². The van der Waals surface area contributed by atoms with Gasteiger partial charge in [0.05, 0.1) is 10.6 Å². The first-order chi connectivity index (χ1) is 13.8. The van der Waals surface area contributed by atoms with Crippen LogP contribution in [-0.4, -0.2) is 58.4 Å². The fourth-order valence-electron chi connectivity index (χ4n) is 3.36. The van der Waals surface area contributed by atoms with Crippen molar-refractivity contribution in [3.8, 4) is 0 Å². The molecule has 0 spiro atoms. The van der Waals surface area contributed by atoms with Crippen molar-refractivity contribution in [3.05, 3.63) is 57.2 Å². The summed E-state index contributed by atoms with van der Waals surface area (Å²) in [6, 6.07) is 6.36. The first-order valence-electron chi connectivity index (χ1n) is 9.17. The largest absolute Gasteiger partial charge is 0.296 e. The molecule has 11 heteroatoms. The lowest BCUT2D eigenvalue weighted by molar-refractivity contribution is 0.275. The summed E-state index contributed by atoms with van der Waals surface area (Å²) in [5.74, 6) is -0.470. The van der Waals surface area contributed by atoms with E-state index in [1.807, 2.05) is 6.92 Å². The number of rotatable bonds is 4. The molecule has 0 radical (unpaired) electrons. The molecule has 4 rings (SSSR count). The smallest absolute Gasteiger partial charge is 0.275 e. The van der Waals surface area contributed by atoms with Gasteiger partial charge in [-0.2, -0.15) is 13.9 Å². The van der Waals surface area contributed by atoms with Gasteiger partial charge < -0.3 is 0 Å². The molecule has 3 heterocycles. The Balaban J connectivity index is 1.48. The number of aryl methyl sites for hydroxylation is 1. The van der Waals surface area contributed by atoms with Gasteiger partial charge in [0.1, 0.15) is 10.8 Å². The quantitative estimate of drug-likeness (QED) is 0.615. The summed E-state index contributed by atoms with van der Waals surface area (Å²) < 4.78 is 41.5. The van der Waals surface area contributed by atoms with Crippen molar-refractivity contribution in [1.29, 1.82) is 0 Å². The summed E-state index contributed by atoms with van der Waals surface area (Å²) in [4.78, 5) is 19.5. The Kier molecular flexibility index (Phi) is 5.47. The normalized spacial score (nSPS) is 16.9. The van der Waals surface area contributed by atoms with Crippen LogP contribution in [0.15, 0.2) is 40.0 Å². The lowest BCUT2D eigenvalue weighted by Gasteiger charge is -2.21. The van der Waals surface area contributed by atoms with Crippen molar-refractivity contribution in [2.45, 2.75) is 24.8 Å². The summed E-state index contributed by atoms with van der Waals surface area (Å²) in [5, 5.41) is 4.90. The molecule has 1 aliphatic rings. The molecule has 1 aromatic carbocycles. The van der Waals surface area contributed by atoms with Gasteiger partial charge >= 0.3 is 0 Å². The second kappa shape index (κ2) is 7.90. The average Bonchev–Trinajstić information content (AvgIpc) is 2.89. The first-order valence-corrected chi connectivity index (χ1v) is 11.4. The lowest BCUT2D eigenvalue weighted by atomic mass is 10.3.